The van der Waals surface area contributed by atoms with E-state index in [1.54, 1.807) is 19.1 Å². The molecule has 1 aromatic carbocycles. The minimum atomic E-state index is -4.45. The second-order valence-corrected chi connectivity index (χ2v) is 4.26. The van der Waals surface area contributed by atoms with E-state index in [1.165, 1.54) is 24.3 Å². The van der Waals surface area contributed by atoms with Crippen molar-refractivity contribution in [1.82, 2.24) is 0 Å². The van der Waals surface area contributed by atoms with Gasteiger partial charge in [0.25, 0.3) is 5.91 Å². The first-order chi connectivity index (χ1) is 9.85. The Morgan fingerprint density at radius 1 is 1.24 bits per heavy atom. The number of alkyl halides is 3. The second kappa shape index (κ2) is 5.90. The van der Waals surface area contributed by atoms with Crippen LogP contribution in [0.25, 0.3) is 0 Å². The molecular weight excluding hydrogens is 287 g/mol. The first-order valence-electron chi connectivity index (χ1n) is 6.01. The summed E-state index contributed by atoms with van der Waals surface area (Å²) in [7, 11) is 0. The van der Waals surface area contributed by atoms with Crippen molar-refractivity contribution in [2.45, 2.75) is 13.1 Å². The molecule has 0 unspecified atom stereocenters. The molecule has 0 saturated heterocycles. The number of para-hydroxylation sites is 2. The van der Waals surface area contributed by atoms with E-state index in [2.05, 4.69) is 10.1 Å². The molecule has 1 amide bonds. The summed E-state index contributed by atoms with van der Waals surface area (Å²) < 4.78 is 46.3. The van der Waals surface area contributed by atoms with Crippen molar-refractivity contribution in [1.29, 1.82) is 0 Å². The summed E-state index contributed by atoms with van der Waals surface area (Å²) in [5.74, 6) is -0.00232. The van der Waals surface area contributed by atoms with E-state index < -0.39 is 18.7 Å². The van der Waals surface area contributed by atoms with Crippen molar-refractivity contribution in [3.8, 4) is 5.75 Å². The van der Waals surface area contributed by atoms with Crippen LogP contribution in [0.5, 0.6) is 5.75 Å². The highest BCUT2D eigenvalue weighted by Crippen LogP contribution is 2.26. The zero-order valence-electron chi connectivity index (χ0n) is 11.0. The molecule has 0 aliphatic rings. The average Bonchev–Trinajstić information content (AvgIpc) is 2.83. The lowest BCUT2D eigenvalue weighted by atomic mass is 10.3. The van der Waals surface area contributed by atoms with Crippen LogP contribution in [-0.2, 0) is 0 Å². The van der Waals surface area contributed by atoms with Crippen molar-refractivity contribution in [3.63, 3.8) is 0 Å². The van der Waals surface area contributed by atoms with Crippen LogP contribution >= 0.6 is 0 Å². The number of carbonyl (C=O) groups excluding carboxylic acids is 1. The van der Waals surface area contributed by atoms with Gasteiger partial charge in [-0.15, -0.1) is 0 Å². The van der Waals surface area contributed by atoms with Crippen LogP contribution < -0.4 is 10.1 Å². The maximum Gasteiger partial charge on any atom is 0.422 e. The molecule has 21 heavy (non-hydrogen) atoms. The lowest BCUT2D eigenvalue weighted by Gasteiger charge is -2.13. The number of furan rings is 1. The van der Waals surface area contributed by atoms with E-state index in [1.807, 2.05) is 0 Å². The Labute approximate surface area is 118 Å². The lowest BCUT2D eigenvalue weighted by molar-refractivity contribution is -0.153. The molecule has 2 aromatic rings. The Bertz CT molecular complexity index is 634. The Balaban J connectivity index is 2.11. The molecule has 0 spiro atoms. The van der Waals surface area contributed by atoms with Gasteiger partial charge in [0.05, 0.1) is 5.69 Å². The molecule has 0 aliphatic heterocycles. The molecule has 2 rings (SSSR count). The number of hydrogen-bond donors (Lipinski definition) is 1. The molecule has 112 valence electrons. The van der Waals surface area contributed by atoms with Gasteiger partial charge in [0.15, 0.2) is 12.4 Å². The van der Waals surface area contributed by atoms with Crippen LogP contribution in [0, 0.1) is 6.92 Å². The topological polar surface area (TPSA) is 51.5 Å². The SMILES string of the molecule is Cc1ccc(C(=O)Nc2ccccc2OCC(F)(F)F)o1. The third-order valence-electron chi connectivity index (χ3n) is 2.49. The Kier molecular flexibility index (Phi) is 4.21. The van der Waals surface area contributed by atoms with E-state index in [4.69, 9.17) is 4.42 Å². The number of halogens is 3. The van der Waals surface area contributed by atoms with E-state index in [-0.39, 0.29) is 17.2 Å². The fourth-order valence-electron chi connectivity index (χ4n) is 1.60. The van der Waals surface area contributed by atoms with Crippen molar-refractivity contribution in [3.05, 3.63) is 47.9 Å². The zero-order valence-corrected chi connectivity index (χ0v) is 11.0. The predicted octanol–water partition coefficient (Wildman–Crippen LogP) is 3.78. The Hall–Kier alpha value is -2.44. The summed E-state index contributed by atoms with van der Waals surface area (Å²) in [4.78, 5) is 11.9. The number of aryl methyl sites for hydroxylation is 1. The fraction of sp³-hybridized carbons (Fsp3) is 0.214. The van der Waals surface area contributed by atoms with Gasteiger partial charge in [-0.2, -0.15) is 13.2 Å². The maximum absolute atomic E-state index is 12.2. The number of amides is 1. The number of hydrogen-bond acceptors (Lipinski definition) is 3. The third kappa shape index (κ3) is 4.27. The molecule has 0 bridgehead atoms. The van der Waals surface area contributed by atoms with Crippen LogP contribution in [-0.4, -0.2) is 18.7 Å². The first kappa shape index (κ1) is 15.0. The predicted molar refractivity (Wildman–Crippen MR) is 69.4 cm³/mol. The number of anilines is 1. The molecule has 0 saturated carbocycles. The molecule has 1 aromatic heterocycles. The van der Waals surface area contributed by atoms with Crippen molar-refractivity contribution >= 4 is 11.6 Å². The standard InChI is InChI=1S/C14H12F3NO3/c1-9-6-7-12(21-9)13(19)18-10-4-2-3-5-11(10)20-8-14(15,16)17/h2-7H,8H2,1H3,(H,18,19). The molecule has 1 heterocycles. The summed E-state index contributed by atoms with van der Waals surface area (Å²) in [5, 5.41) is 2.45. The van der Waals surface area contributed by atoms with Gasteiger partial charge in [0.2, 0.25) is 0 Å². The maximum atomic E-state index is 12.2. The summed E-state index contributed by atoms with van der Waals surface area (Å²) in [5.41, 5.74) is 0.140. The molecule has 7 heteroatoms. The van der Waals surface area contributed by atoms with Gasteiger partial charge >= 0.3 is 6.18 Å². The normalized spacial score (nSPS) is 11.2. The molecule has 0 aliphatic carbocycles. The summed E-state index contributed by atoms with van der Waals surface area (Å²) >= 11 is 0. The highest BCUT2D eigenvalue weighted by atomic mass is 19.4. The monoisotopic (exact) mass is 299 g/mol. The minimum Gasteiger partial charge on any atom is -0.482 e. The molecule has 0 atom stereocenters. The van der Waals surface area contributed by atoms with Gasteiger partial charge < -0.3 is 14.5 Å². The van der Waals surface area contributed by atoms with Crippen molar-refractivity contribution in [2.75, 3.05) is 11.9 Å². The van der Waals surface area contributed by atoms with E-state index >= 15 is 0 Å². The smallest absolute Gasteiger partial charge is 0.422 e. The van der Waals surface area contributed by atoms with Crippen LogP contribution in [0.15, 0.2) is 40.8 Å². The largest absolute Gasteiger partial charge is 0.482 e. The zero-order chi connectivity index (χ0) is 15.5. The van der Waals surface area contributed by atoms with Gasteiger partial charge in [0, 0.05) is 0 Å². The number of nitrogens with one attached hydrogen (secondary N) is 1. The Morgan fingerprint density at radius 3 is 2.57 bits per heavy atom. The van der Waals surface area contributed by atoms with Gasteiger partial charge in [0.1, 0.15) is 11.5 Å². The highest BCUT2D eigenvalue weighted by molar-refractivity contribution is 6.03. The third-order valence-corrected chi connectivity index (χ3v) is 2.49. The van der Waals surface area contributed by atoms with Crippen LogP contribution in [0.3, 0.4) is 0 Å². The summed E-state index contributed by atoms with van der Waals surface area (Å²) in [6, 6.07) is 8.96. The molecular formula is C14H12F3NO3. The number of benzene rings is 1. The van der Waals surface area contributed by atoms with Gasteiger partial charge in [-0.25, -0.2) is 0 Å². The summed E-state index contributed by atoms with van der Waals surface area (Å²) in [6.07, 6.45) is -4.45. The molecule has 1 N–H and O–H groups in total. The fourth-order valence-corrected chi connectivity index (χ4v) is 1.60. The Morgan fingerprint density at radius 2 is 1.95 bits per heavy atom. The van der Waals surface area contributed by atoms with E-state index in [9.17, 15) is 18.0 Å². The second-order valence-electron chi connectivity index (χ2n) is 4.26. The van der Waals surface area contributed by atoms with Crippen molar-refractivity contribution in [2.24, 2.45) is 0 Å². The lowest BCUT2D eigenvalue weighted by Crippen LogP contribution is -2.20. The van der Waals surface area contributed by atoms with Gasteiger partial charge in [-0.3, -0.25) is 4.79 Å². The van der Waals surface area contributed by atoms with E-state index in [0.29, 0.717) is 5.76 Å². The minimum absolute atomic E-state index is 0.0635. The highest BCUT2D eigenvalue weighted by Gasteiger charge is 2.29. The van der Waals surface area contributed by atoms with Crippen LogP contribution in [0.4, 0.5) is 18.9 Å². The van der Waals surface area contributed by atoms with E-state index in [0.717, 1.165) is 0 Å². The van der Waals surface area contributed by atoms with Crippen LogP contribution in [0.1, 0.15) is 16.3 Å². The summed E-state index contributed by atoms with van der Waals surface area (Å²) in [6.45, 7) is 0.247. The van der Waals surface area contributed by atoms with Gasteiger partial charge in [-0.1, -0.05) is 12.1 Å². The molecule has 0 radical (unpaired) electrons. The number of rotatable bonds is 4. The first-order valence-corrected chi connectivity index (χ1v) is 6.01. The molecule has 0 fully saturated rings. The van der Waals surface area contributed by atoms with Crippen LogP contribution in [0.2, 0.25) is 0 Å². The van der Waals surface area contributed by atoms with Crippen molar-refractivity contribution < 1.29 is 27.1 Å². The number of ether oxygens (including phenoxy) is 1. The average molecular weight is 299 g/mol. The quantitative estimate of drug-likeness (QED) is 0.934. The molecule has 4 nitrogen and oxygen atoms in total. The van der Waals surface area contributed by atoms with Gasteiger partial charge in [-0.05, 0) is 31.2 Å². The number of carbonyl (C=O) groups is 1.